The molecule has 1 N–H and O–H groups in total. The summed E-state index contributed by atoms with van der Waals surface area (Å²) in [7, 11) is 0. The number of aliphatic carboxylic acids is 1. The molecule has 3 nitrogen and oxygen atoms in total. The van der Waals surface area contributed by atoms with Crippen LogP contribution >= 0.6 is 15.9 Å². The smallest absolute Gasteiger partial charge is 0.347 e. The highest BCUT2D eigenvalue weighted by Gasteiger charge is 2.12. The van der Waals surface area contributed by atoms with E-state index in [2.05, 4.69) is 15.9 Å². The van der Waals surface area contributed by atoms with Crippen LogP contribution in [0.1, 0.15) is 5.56 Å². The topological polar surface area (TPSA) is 61.1 Å². The van der Waals surface area contributed by atoms with E-state index in [9.17, 15) is 4.79 Å². The summed E-state index contributed by atoms with van der Waals surface area (Å²) in [6, 6.07) is 10.4. The monoisotopic (exact) mass is 251 g/mol. The molecule has 0 aliphatic rings. The van der Waals surface area contributed by atoms with Gasteiger partial charge in [-0.1, -0.05) is 30.3 Å². The Bertz CT molecular complexity index is 417. The van der Waals surface area contributed by atoms with Gasteiger partial charge in [0.2, 0.25) is 0 Å². The van der Waals surface area contributed by atoms with Crippen molar-refractivity contribution in [2.75, 3.05) is 0 Å². The number of nitriles is 1. The fourth-order valence-corrected chi connectivity index (χ4v) is 1.44. The van der Waals surface area contributed by atoms with Crippen LogP contribution in [0, 0.1) is 11.3 Å². The van der Waals surface area contributed by atoms with Crippen molar-refractivity contribution in [3.8, 4) is 6.07 Å². The summed E-state index contributed by atoms with van der Waals surface area (Å²) in [6.45, 7) is 0. The highest BCUT2D eigenvalue weighted by atomic mass is 79.9. The number of carbonyl (C=O) groups is 1. The van der Waals surface area contributed by atoms with Crippen molar-refractivity contribution in [1.82, 2.24) is 0 Å². The first-order valence-corrected chi connectivity index (χ1v) is 4.54. The van der Waals surface area contributed by atoms with Crippen LogP contribution in [-0.4, -0.2) is 11.1 Å². The third-order valence-corrected chi connectivity index (χ3v) is 2.43. The lowest BCUT2D eigenvalue weighted by Gasteiger charge is -1.99. The first-order valence-electron chi connectivity index (χ1n) is 3.75. The molecule has 0 aliphatic heterocycles. The molecule has 0 spiro atoms. The highest BCUT2D eigenvalue weighted by molar-refractivity contribution is 9.15. The Morgan fingerprint density at radius 2 is 1.93 bits per heavy atom. The minimum atomic E-state index is -1.23. The summed E-state index contributed by atoms with van der Waals surface area (Å²) in [5, 5.41) is 17.3. The largest absolute Gasteiger partial charge is 0.477 e. The summed E-state index contributed by atoms with van der Waals surface area (Å²) in [6.07, 6.45) is 0. The minimum Gasteiger partial charge on any atom is -0.477 e. The van der Waals surface area contributed by atoms with Crippen LogP contribution in [0.2, 0.25) is 0 Å². The van der Waals surface area contributed by atoms with Gasteiger partial charge in [0.05, 0.1) is 0 Å². The molecule has 0 saturated heterocycles. The average Bonchev–Trinajstić information content (AvgIpc) is 2.19. The summed E-state index contributed by atoms with van der Waals surface area (Å²) in [4.78, 5) is 10.6. The summed E-state index contributed by atoms with van der Waals surface area (Å²) >= 11 is 3.09. The van der Waals surface area contributed by atoms with Gasteiger partial charge in [-0.2, -0.15) is 5.26 Å². The number of carboxylic acids is 1. The lowest BCUT2D eigenvalue weighted by atomic mass is 10.1. The van der Waals surface area contributed by atoms with E-state index in [4.69, 9.17) is 10.4 Å². The predicted molar refractivity (Wildman–Crippen MR) is 55.5 cm³/mol. The first-order chi connectivity index (χ1) is 6.66. The highest BCUT2D eigenvalue weighted by Crippen LogP contribution is 2.24. The van der Waals surface area contributed by atoms with Crippen molar-refractivity contribution in [1.29, 1.82) is 5.26 Å². The van der Waals surface area contributed by atoms with Gasteiger partial charge < -0.3 is 5.11 Å². The molecule has 0 aliphatic carbocycles. The molecule has 0 saturated carbocycles. The van der Waals surface area contributed by atoms with Gasteiger partial charge >= 0.3 is 5.97 Å². The fraction of sp³-hybridized carbons (Fsp3) is 0. The van der Waals surface area contributed by atoms with Crippen molar-refractivity contribution >= 4 is 26.4 Å². The molecule has 0 unspecified atom stereocenters. The molecular weight excluding hydrogens is 246 g/mol. The van der Waals surface area contributed by atoms with Crippen molar-refractivity contribution in [3.05, 3.63) is 41.5 Å². The first kappa shape index (κ1) is 10.5. The number of hydrogen-bond acceptors (Lipinski definition) is 2. The molecule has 1 rings (SSSR count). The number of rotatable bonds is 2. The average molecular weight is 252 g/mol. The molecule has 0 atom stereocenters. The second kappa shape index (κ2) is 4.58. The van der Waals surface area contributed by atoms with Gasteiger partial charge in [0.25, 0.3) is 0 Å². The maximum Gasteiger partial charge on any atom is 0.347 e. The molecule has 0 fully saturated rings. The number of nitrogens with zero attached hydrogens (tertiary/aromatic N) is 1. The summed E-state index contributed by atoms with van der Waals surface area (Å²) in [5.74, 6) is -1.23. The molecule has 70 valence electrons. The second-order valence-electron chi connectivity index (χ2n) is 2.47. The SMILES string of the molecule is N#CC(C(=O)O)=C(Br)c1ccccc1. The lowest BCUT2D eigenvalue weighted by molar-refractivity contribution is -0.132. The summed E-state index contributed by atoms with van der Waals surface area (Å²) < 4.78 is 0.299. The van der Waals surface area contributed by atoms with Gasteiger partial charge in [0.1, 0.15) is 6.07 Å². The van der Waals surface area contributed by atoms with Gasteiger partial charge in [0.15, 0.2) is 5.57 Å². The van der Waals surface area contributed by atoms with E-state index in [-0.39, 0.29) is 5.57 Å². The van der Waals surface area contributed by atoms with Gasteiger partial charge in [-0.05, 0) is 21.5 Å². The Balaban J connectivity index is 3.23. The van der Waals surface area contributed by atoms with Gasteiger partial charge in [-0.3, -0.25) is 0 Å². The van der Waals surface area contributed by atoms with Gasteiger partial charge in [-0.25, -0.2) is 4.79 Å². The minimum absolute atomic E-state index is 0.295. The maximum atomic E-state index is 10.6. The Labute approximate surface area is 89.4 Å². The van der Waals surface area contributed by atoms with Crippen molar-refractivity contribution in [2.45, 2.75) is 0 Å². The number of hydrogen-bond donors (Lipinski definition) is 1. The molecule has 4 heteroatoms. The molecule has 1 aromatic rings. The van der Waals surface area contributed by atoms with Crippen LogP contribution in [0.25, 0.3) is 4.48 Å². The zero-order valence-electron chi connectivity index (χ0n) is 7.07. The maximum absolute atomic E-state index is 10.6. The third-order valence-electron chi connectivity index (χ3n) is 1.57. The molecule has 0 heterocycles. The molecule has 1 aromatic carbocycles. The fourth-order valence-electron chi connectivity index (χ4n) is 0.920. The van der Waals surface area contributed by atoms with Crippen molar-refractivity contribution < 1.29 is 9.90 Å². The standard InChI is InChI=1S/C10H6BrNO2/c11-9(8(6-12)10(13)14)7-4-2-1-3-5-7/h1-5H,(H,13,14). The molecule has 0 radical (unpaired) electrons. The predicted octanol–water partition coefficient (Wildman–Crippen LogP) is 2.40. The van der Waals surface area contributed by atoms with Gasteiger partial charge in [-0.15, -0.1) is 0 Å². The number of halogens is 1. The Kier molecular flexibility index (Phi) is 3.43. The van der Waals surface area contributed by atoms with E-state index in [0.29, 0.717) is 10.0 Å². The zero-order valence-corrected chi connectivity index (χ0v) is 8.65. The van der Waals surface area contributed by atoms with Crippen molar-refractivity contribution in [2.24, 2.45) is 0 Å². The van der Waals surface area contributed by atoms with Crippen molar-refractivity contribution in [3.63, 3.8) is 0 Å². The summed E-state index contributed by atoms with van der Waals surface area (Å²) in [5.41, 5.74) is 0.377. The van der Waals surface area contributed by atoms with E-state index in [1.54, 1.807) is 30.3 Å². The molecule has 14 heavy (non-hydrogen) atoms. The van der Waals surface area contributed by atoms with Crippen LogP contribution in [0.5, 0.6) is 0 Å². The second-order valence-corrected chi connectivity index (χ2v) is 3.26. The quantitative estimate of drug-likeness (QED) is 0.649. The third kappa shape index (κ3) is 2.21. The van der Waals surface area contributed by atoms with Crippen LogP contribution < -0.4 is 0 Å². The molecule has 0 bridgehead atoms. The van der Waals surface area contributed by atoms with Crippen LogP contribution in [0.4, 0.5) is 0 Å². The zero-order chi connectivity index (χ0) is 10.6. The van der Waals surface area contributed by atoms with Crippen LogP contribution in [0.3, 0.4) is 0 Å². The Morgan fingerprint density at radius 3 is 2.36 bits per heavy atom. The Hall–Kier alpha value is -1.60. The number of benzene rings is 1. The number of carboxylic acid groups (broad SMARTS) is 1. The lowest BCUT2D eigenvalue weighted by Crippen LogP contribution is -1.99. The van der Waals surface area contributed by atoms with Crippen LogP contribution in [-0.2, 0) is 4.79 Å². The van der Waals surface area contributed by atoms with E-state index >= 15 is 0 Å². The Morgan fingerprint density at radius 1 is 1.36 bits per heavy atom. The molecule has 0 aromatic heterocycles. The van der Waals surface area contributed by atoms with Crippen LogP contribution in [0.15, 0.2) is 35.9 Å². The van der Waals surface area contributed by atoms with E-state index in [0.717, 1.165) is 0 Å². The van der Waals surface area contributed by atoms with E-state index in [1.165, 1.54) is 0 Å². The van der Waals surface area contributed by atoms with E-state index < -0.39 is 5.97 Å². The molecule has 0 amide bonds. The van der Waals surface area contributed by atoms with E-state index in [1.807, 2.05) is 6.07 Å². The molecular formula is C10H6BrNO2. The normalized spacial score (nSPS) is 11.4. The van der Waals surface area contributed by atoms with Gasteiger partial charge in [0, 0.05) is 4.48 Å².